The first-order valence-electron chi connectivity index (χ1n) is 5.23. The fourth-order valence-electron chi connectivity index (χ4n) is 1.22. The van der Waals surface area contributed by atoms with Crippen molar-refractivity contribution in [1.29, 1.82) is 0 Å². The van der Waals surface area contributed by atoms with E-state index in [-0.39, 0.29) is 23.8 Å². The van der Waals surface area contributed by atoms with Gasteiger partial charge in [-0.05, 0) is 28.8 Å². The van der Waals surface area contributed by atoms with Crippen molar-refractivity contribution in [2.45, 2.75) is 24.4 Å². The smallest absolute Gasteiger partial charge is 0.226 e. The highest BCUT2D eigenvalue weighted by atomic mass is 79.9. The summed E-state index contributed by atoms with van der Waals surface area (Å²) in [5.41, 5.74) is 0. The van der Waals surface area contributed by atoms with E-state index in [0.717, 1.165) is 0 Å². The summed E-state index contributed by atoms with van der Waals surface area (Å²) in [7, 11) is -3.66. The monoisotopic (exact) mass is 358 g/mol. The SMILES string of the molecule is O=S(=O)(CCCCC(F)=C(F)F)c1ncc(Br)cn1. The Labute approximate surface area is 116 Å². The lowest BCUT2D eigenvalue weighted by Gasteiger charge is -2.02. The molecule has 0 fully saturated rings. The lowest BCUT2D eigenvalue weighted by molar-refractivity contribution is 0.368. The predicted octanol–water partition coefficient (Wildman–Crippen LogP) is 3.26. The van der Waals surface area contributed by atoms with Crippen LogP contribution in [0.5, 0.6) is 0 Å². The summed E-state index contributed by atoms with van der Waals surface area (Å²) >= 11 is 3.07. The Balaban J connectivity index is 2.53. The maximum Gasteiger partial charge on any atom is 0.301 e. The summed E-state index contributed by atoms with van der Waals surface area (Å²) in [6.07, 6.45) is -0.179. The van der Waals surface area contributed by atoms with Crippen molar-refractivity contribution in [3.8, 4) is 0 Å². The van der Waals surface area contributed by atoms with E-state index in [4.69, 9.17) is 0 Å². The molecule has 0 radical (unpaired) electrons. The Kier molecular flexibility index (Phi) is 5.92. The molecule has 0 aliphatic heterocycles. The molecule has 1 heterocycles. The van der Waals surface area contributed by atoms with E-state index >= 15 is 0 Å². The van der Waals surface area contributed by atoms with Crippen molar-refractivity contribution in [3.05, 3.63) is 28.8 Å². The summed E-state index contributed by atoms with van der Waals surface area (Å²) in [6, 6.07) is 0. The summed E-state index contributed by atoms with van der Waals surface area (Å²) in [6.45, 7) is 0. The maximum absolute atomic E-state index is 12.5. The Bertz CT molecular complexity index is 557. The molecule has 1 rings (SSSR count). The van der Waals surface area contributed by atoms with E-state index in [1.165, 1.54) is 12.4 Å². The van der Waals surface area contributed by atoms with Gasteiger partial charge in [-0.25, -0.2) is 22.8 Å². The molecule has 9 heteroatoms. The van der Waals surface area contributed by atoms with Gasteiger partial charge in [0.2, 0.25) is 15.0 Å². The number of halogens is 4. The van der Waals surface area contributed by atoms with Gasteiger partial charge in [0, 0.05) is 18.8 Å². The Hall–Kier alpha value is -0.960. The third-order valence-corrected chi connectivity index (χ3v) is 4.14. The van der Waals surface area contributed by atoms with Gasteiger partial charge >= 0.3 is 6.08 Å². The van der Waals surface area contributed by atoms with Crippen LogP contribution in [0.25, 0.3) is 0 Å². The molecule has 0 atom stereocenters. The van der Waals surface area contributed by atoms with Gasteiger partial charge in [-0.3, -0.25) is 0 Å². The Morgan fingerprint density at radius 1 is 1.16 bits per heavy atom. The van der Waals surface area contributed by atoms with Crippen LogP contribution < -0.4 is 0 Å². The van der Waals surface area contributed by atoms with Gasteiger partial charge in [0.1, 0.15) is 0 Å². The third-order valence-electron chi connectivity index (χ3n) is 2.14. The van der Waals surface area contributed by atoms with Crippen molar-refractivity contribution in [2.75, 3.05) is 5.75 Å². The zero-order chi connectivity index (χ0) is 14.5. The van der Waals surface area contributed by atoms with Crippen LogP contribution >= 0.6 is 15.9 Å². The number of nitrogens with zero attached hydrogens (tertiary/aromatic N) is 2. The van der Waals surface area contributed by atoms with Crippen LogP contribution in [-0.2, 0) is 9.84 Å². The van der Waals surface area contributed by atoms with Crippen molar-refractivity contribution in [2.24, 2.45) is 0 Å². The number of rotatable bonds is 6. The molecule has 1 aromatic heterocycles. The lowest BCUT2D eigenvalue weighted by Crippen LogP contribution is -2.10. The average molecular weight is 359 g/mol. The van der Waals surface area contributed by atoms with Crippen LogP contribution in [0.1, 0.15) is 19.3 Å². The van der Waals surface area contributed by atoms with Crippen molar-refractivity contribution < 1.29 is 21.6 Å². The molecule has 19 heavy (non-hydrogen) atoms. The van der Waals surface area contributed by atoms with Gasteiger partial charge in [0.25, 0.3) is 0 Å². The topological polar surface area (TPSA) is 59.9 Å². The molecule has 0 unspecified atom stereocenters. The molecule has 0 saturated carbocycles. The summed E-state index contributed by atoms with van der Waals surface area (Å²) in [5, 5.41) is -0.330. The minimum atomic E-state index is -3.66. The number of aromatic nitrogens is 2. The van der Waals surface area contributed by atoms with Crippen molar-refractivity contribution in [3.63, 3.8) is 0 Å². The second kappa shape index (κ2) is 6.99. The van der Waals surface area contributed by atoms with Crippen LogP contribution in [-0.4, -0.2) is 24.1 Å². The second-order valence-corrected chi connectivity index (χ2v) is 6.54. The van der Waals surface area contributed by atoms with Gasteiger partial charge in [-0.1, -0.05) is 0 Å². The number of hydrogen-bond acceptors (Lipinski definition) is 4. The van der Waals surface area contributed by atoms with Crippen molar-refractivity contribution in [1.82, 2.24) is 9.97 Å². The Morgan fingerprint density at radius 3 is 2.26 bits per heavy atom. The molecular weight excluding hydrogens is 349 g/mol. The molecule has 0 aromatic carbocycles. The van der Waals surface area contributed by atoms with E-state index < -0.39 is 28.2 Å². The van der Waals surface area contributed by atoms with Gasteiger partial charge < -0.3 is 0 Å². The zero-order valence-electron chi connectivity index (χ0n) is 9.61. The van der Waals surface area contributed by atoms with E-state index in [9.17, 15) is 21.6 Å². The summed E-state index contributed by atoms with van der Waals surface area (Å²) in [5.74, 6) is -1.81. The highest BCUT2D eigenvalue weighted by Crippen LogP contribution is 2.17. The molecule has 0 aliphatic rings. The zero-order valence-corrected chi connectivity index (χ0v) is 12.0. The number of sulfone groups is 1. The van der Waals surface area contributed by atoms with Gasteiger partial charge in [-0.2, -0.15) is 8.78 Å². The standard InChI is InChI=1S/C10H10BrF3N2O2S/c11-7-5-15-10(16-6-7)19(17,18)4-2-1-3-8(12)9(13)14/h5-6H,1-4H2. The highest BCUT2D eigenvalue weighted by Gasteiger charge is 2.17. The number of allylic oxidation sites excluding steroid dienone is 1. The van der Waals surface area contributed by atoms with E-state index in [0.29, 0.717) is 4.47 Å². The molecule has 0 spiro atoms. The lowest BCUT2D eigenvalue weighted by atomic mass is 10.2. The van der Waals surface area contributed by atoms with Gasteiger partial charge in [0.05, 0.1) is 10.2 Å². The summed E-state index contributed by atoms with van der Waals surface area (Å²) < 4.78 is 60.0. The quantitative estimate of drug-likeness (QED) is 0.578. The molecule has 106 valence electrons. The fraction of sp³-hybridized carbons (Fsp3) is 0.400. The molecule has 0 amide bonds. The normalized spacial score (nSPS) is 11.4. The highest BCUT2D eigenvalue weighted by molar-refractivity contribution is 9.10. The van der Waals surface area contributed by atoms with Crippen LogP contribution in [0, 0.1) is 0 Å². The van der Waals surface area contributed by atoms with Gasteiger partial charge in [-0.15, -0.1) is 0 Å². The predicted molar refractivity (Wildman–Crippen MR) is 66.0 cm³/mol. The number of unbranched alkanes of at least 4 members (excludes halogenated alkanes) is 1. The van der Waals surface area contributed by atoms with Crippen LogP contribution in [0.4, 0.5) is 13.2 Å². The van der Waals surface area contributed by atoms with Gasteiger partial charge in [0.15, 0.2) is 5.83 Å². The molecule has 0 aliphatic carbocycles. The van der Waals surface area contributed by atoms with E-state index in [2.05, 4.69) is 25.9 Å². The van der Waals surface area contributed by atoms with Crippen LogP contribution in [0.3, 0.4) is 0 Å². The first-order valence-corrected chi connectivity index (χ1v) is 7.67. The van der Waals surface area contributed by atoms with Crippen LogP contribution in [0.15, 0.2) is 33.9 Å². The average Bonchev–Trinajstić information content (AvgIpc) is 2.34. The minimum Gasteiger partial charge on any atom is -0.226 e. The largest absolute Gasteiger partial charge is 0.301 e. The molecular formula is C10H10BrF3N2O2S. The molecule has 4 nitrogen and oxygen atoms in total. The molecule has 0 N–H and O–H groups in total. The molecule has 0 bridgehead atoms. The first-order chi connectivity index (χ1) is 8.83. The van der Waals surface area contributed by atoms with Crippen LogP contribution in [0.2, 0.25) is 0 Å². The Morgan fingerprint density at radius 2 is 1.74 bits per heavy atom. The van der Waals surface area contributed by atoms with Crippen molar-refractivity contribution >= 4 is 25.8 Å². The summed E-state index contributed by atoms with van der Waals surface area (Å²) in [4.78, 5) is 7.29. The van der Waals surface area contributed by atoms with E-state index in [1.54, 1.807) is 0 Å². The third kappa shape index (κ3) is 5.27. The first kappa shape index (κ1) is 16.1. The second-order valence-electron chi connectivity index (χ2n) is 3.63. The maximum atomic E-state index is 12.5. The number of hydrogen-bond donors (Lipinski definition) is 0. The molecule has 0 saturated heterocycles. The fourth-order valence-corrected chi connectivity index (χ4v) is 2.62. The van der Waals surface area contributed by atoms with E-state index in [1.807, 2.05) is 0 Å². The minimum absolute atomic E-state index is 0.0128. The molecule has 1 aromatic rings.